The van der Waals surface area contributed by atoms with Crippen LogP contribution in [0, 0.1) is 5.92 Å². The predicted octanol–water partition coefficient (Wildman–Crippen LogP) is 3.60. The number of hydrogen-bond donors (Lipinski definition) is 1. The average molecular weight is 351 g/mol. The Morgan fingerprint density at radius 1 is 1.15 bits per heavy atom. The van der Waals surface area contributed by atoms with E-state index in [-0.39, 0.29) is 11.9 Å². The number of benzene rings is 1. The van der Waals surface area contributed by atoms with E-state index in [1.165, 1.54) is 5.56 Å². The number of carbonyl (C=O) groups excluding carboxylic acids is 1. The third kappa shape index (κ3) is 5.67. The molecule has 1 amide bonds. The van der Waals surface area contributed by atoms with Crippen LogP contribution in [0.5, 0.6) is 0 Å². The molecule has 1 fully saturated rings. The summed E-state index contributed by atoms with van der Waals surface area (Å²) in [5.74, 6) is 0.643. The molecule has 1 aliphatic heterocycles. The number of pyridine rings is 1. The van der Waals surface area contributed by atoms with E-state index in [9.17, 15) is 4.79 Å². The minimum Gasteiger partial charge on any atom is -0.348 e. The number of aromatic nitrogens is 1. The molecule has 1 N–H and O–H groups in total. The van der Waals surface area contributed by atoms with Crippen molar-refractivity contribution in [2.45, 2.75) is 38.6 Å². The summed E-state index contributed by atoms with van der Waals surface area (Å²) in [6.45, 7) is 5.30. The molecule has 1 aromatic carbocycles. The van der Waals surface area contributed by atoms with Gasteiger partial charge in [0.25, 0.3) is 0 Å². The standard InChI is InChI=1S/C22H29N3O/c1-18(21-9-5-6-13-23-21)24-22(26)17-20-11-15-25(16-12-20)14-10-19-7-3-2-4-8-19/h2-9,13,18,20H,10-12,14-17H2,1H3,(H,24,26). The van der Waals surface area contributed by atoms with Crippen molar-refractivity contribution in [3.05, 3.63) is 66.0 Å². The summed E-state index contributed by atoms with van der Waals surface area (Å²) in [7, 11) is 0. The van der Waals surface area contributed by atoms with Crippen molar-refractivity contribution < 1.29 is 4.79 Å². The fourth-order valence-electron chi connectivity index (χ4n) is 3.61. The molecule has 4 nitrogen and oxygen atoms in total. The van der Waals surface area contributed by atoms with Crippen LogP contribution in [0.3, 0.4) is 0 Å². The summed E-state index contributed by atoms with van der Waals surface area (Å²) in [4.78, 5) is 19.2. The lowest BCUT2D eigenvalue weighted by Gasteiger charge is -2.31. The molecule has 26 heavy (non-hydrogen) atoms. The second kappa shape index (κ2) is 9.48. The minimum absolute atomic E-state index is 0.0327. The van der Waals surface area contributed by atoms with Gasteiger partial charge in [0, 0.05) is 19.2 Å². The molecule has 1 unspecified atom stereocenters. The highest BCUT2D eigenvalue weighted by molar-refractivity contribution is 5.76. The summed E-state index contributed by atoms with van der Waals surface area (Å²) in [5.41, 5.74) is 2.31. The van der Waals surface area contributed by atoms with Gasteiger partial charge < -0.3 is 10.2 Å². The fraction of sp³-hybridized carbons (Fsp3) is 0.455. The van der Waals surface area contributed by atoms with Crippen molar-refractivity contribution in [3.63, 3.8) is 0 Å². The number of piperidine rings is 1. The van der Waals surface area contributed by atoms with E-state index < -0.39 is 0 Å². The summed E-state index contributed by atoms with van der Waals surface area (Å²) < 4.78 is 0. The lowest BCUT2D eigenvalue weighted by Crippen LogP contribution is -2.37. The van der Waals surface area contributed by atoms with Gasteiger partial charge in [0.05, 0.1) is 11.7 Å². The summed E-state index contributed by atoms with van der Waals surface area (Å²) >= 11 is 0. The van der Waals surface area contributed by atoms with Crippen LogP contribution in [0.25, 0.3) is 0 Å². The summed E-state index contributed by atoms with van der Waals surface area (Å²) in [6, 6.07) is 16.4. The van der Waals surface area contributed by atoms with E-state index in [4.69, 9.17) is 0 Å². The van der Waals surface area contributed by atoms with E-state index in [1.807, 2.05) is 25.1 Å². The summed E-state index contributed by atoms with van der Waals surface area (Å²) in [5, 5.41) is 3.09. The number of nitrogens with zero attached hydrogens (tertiary/aromatic N) is 2. The average Bonchev–Trinajstić information content (AvgIpc) is 2.69. The zero-order chi connectivity index (χ0) is 18.2. The first-order valence-electron chi connectivity index (χ1n) is 9.67. The first-order chi connectivity index (χ1) is 12.7. The number of amides is 1. The Morgan fingerprint density at radius 2 is 1.88 bits per heavy atom. The van der Waals surface area contributed by atoms with Gasteiger partial charge in [-0.3, -0.25) is 9.78 Å². The van der Waals surface area contributed by atoms with Crippen molar-refractivity contribution in [1.82, 2.24) is 15.2 Å². The molecule has 1 atom stereocenters. The van der Waals surface area contributed by atoms with Gasteiger partial charge in [-0.2, -0.15) is 0 Å². The van der Waals surface area contributed by atoms with Gasteiger partial charge in [0.1, 0.15) is 0 Å². The van der Waals surface area contributed by atoms with E-state index >= 15 is 0 Å². The first-order valence-corrected chi connectivity index (χ1v) is 9.67. The molecule has 0 radical (unpaired) electrons. The molecule has 0 spiro atoms. The monoisotopic (exact) mass is 351 g/mol. The normalized spacial score (nSPS) is 17.0. The van der Waals surface area contributed by atoms with Crippen molar-refractivity contribution in [2.75, 3.05) is 19.6 Å². The Hall–Kier alpha value is -2.20. The van der Waals surface area contributed by atoms with Crippen molar-refractivity contribution in [3.8, 4) is 0 Å². The van der Waals surface area contributed by atoms with Crippen LogP contribution < -0.4 is 5.32 Å². The predicted molar refractivity (Wildman–Crippen MR) is 105 cm³/mol. The van der Waals surface area contributed by atoms with Crippen LogP contribution in [-0.2, 0) is 11.2 Å². The Labute approximate surface area is 156 Å². The van der Waals surface area contributed by atoms with Gasteiger partial charge >= 0.3 is 0 Å². The largest absolute Gasteiger partial charge is 0.348 e. The molecule has 0 aliphatic carbocycles. The Balaban J connectivity index is 1.36. The molecule has 2 aromatic rings. The molecule has 138 valence electrons. The van der Waals surface area contributed by atoms with E-state index in [1.54, 1.807) is 6.20 Å². The van der Waals surface area contributed by atoms with Crippen molar-refractivity contribution in [2.24, 2.45) is 5.92 Å². The van der Waals surface area contributed by atoms with Crippen LogP contribution in [0.2, 0.25) is 0 Å². The minimum atomic E-state index is -0.0327. The van der Waals surface area contributed by atoms with Crippen LogP contribution in [0.15, 0.2) is 54.7 Å². The van der Waals surface area contributed by atoms with Gasteiger partial charge in [0.2, 0.25) is 5.91 Å². The molecule has 3 rings (SSSR count). The zero-order valence-electron chi connectivity index (χ0n) is 15.6. The first kappa shape index (κ1) is 18.6. The van der Waals surface area contributed by atoms with Crippen LogP contribution in [0.1, 0.15) is 43.5 Å². The van der Waals surface area contributed by atoms with E-state index in [0.29, 0.717) is 12.3 Å². The second-order valence-electron chi connectivity index (χ2n) is 7.27. The zero-order valence-corrected chi connectivity index (χ0v) is 15.6. The Bertz CT molecular complexity index is 666. The second-order valence-corrected chi connectivity index (χ2v) is 7.27. The van der Waals surface area contributed by atoms with Crippen LogP contribution >= 0.6 is 0 Å². The molecular formula is C22H29N3O. The fourth-order valence-corrected chi connectivity index (χ4v) is 3.61. The highest BCUT2D eigenvalue weighted by atomic mass is 16.1. The van der Waals surface area contributed by atoms with Gasteiger partial charge in [-0.15, -0.1) is 0 Å². The molecule has 0 saturated carbocycles. The number of likely N-dealkylation sites (tertiary alicyclic amines) is 1. The third-order valence-corrected chi connectivity index (χ3v) is 5.25. The maximum atomic E-state index is 12.3. The van der Waals surface area contributed by atoms with Gasteiger partial charge in [-0.25, -0.2) is 0 Å². The van der Waals surface area contributed by atoms with Crippen molar-refractivity contribution in [1.29, 1.82) is 0 Å². The SMILES string of the molecule is CC(NC(=O)CC1CCN(CCc2ccccc2)CC1)c1ccccn1. The van der Waals surface area contributed by atoms with E-state index in [0.717, 1.165) is 44.6 Å². The highest BCUT2D eigenvalue weighted by Gasteiger charge is 2.22. The quantitative estimate of drug-likeness (QED) is 0.829. The maximum Gasteiger partial charge on any atom is 0.220 e. The molecule has 4 heteroatoms. The van der Waals surface area contributed by atoms with E-state index in [2.05, 4.69) is 45.5 Å². The lowest BCUT2D eigenvalue weighted by atomic mass is 9.93. The molecule has 1 saturated heterocycles. The number of rotatable bonds is 7. The molecule has 0 bridgehead atoms. The van der Waals surface area contributed by atoms with Crippen molar-refractivity contribution >= 4 is 5.91 Å². The lowest BCUT2D eigenvalue weighted by molar-refractivity contribution is -0.123. The molecule has 1 aliphatic rings. The van der Waals surface area contributed by atoms with Gasteiger partial charge in [-0.05, 0) is 62.9 Å². The molecule has 2 heterocycles. The number of nitrogens with one attached hydrogen (secondary N) is 1. The van der Waals surface area contributed by atoms with Crippen LogP contribution in [-0.4, -0.2) is 35.4 Å². The summed E-state index contributed by atoms with van der Waals surface area (Å²) in [6.07, 6.45) is 5.72. The topological polar surface area (TPSA) is 45.2 Å². The number of carbonyl (C=O) groups is 1. The molecule has 1 aromatic heterocycles. The maximum absolute atomic E-state index is 12.3. The Morgan fingerprint density at radius 3 is 2.58 bits per heavy atom. The van der Waals surface area contributed by atoms with Gasteiger partial charge in [0.15, 0.2) is 0 Å². The smallest absolute Gasteiger partial charge is 0.220 e. The third-order valence-electron chi connectivity index (χ3n) is 5.25. The molecular weight excluding hydrogens is 322 g/mol. The van der Waals surface area contributed by atoms with Crippen LogP contribution in [0.4, 0.5) is 0 Å². The highest BCUT2D eigenvalue weighted by Crippen LogP contribution is 2.21. The number of hydrogen-bond acceptors (Lipinski definition) is 3. The Kier molecular flexibility index (Phi) is 6.78. The van der Waals surface area contributed by atoms with Gasteiger partial charge in [-0.1, -0.05) is 36.4 Å².